The van der Waals surface area contributed by atoms with Crippen molar-refractivity contribution in [2.45, 2.75) is 27.7 Å². The van der Waals surface area contributed by atoms with E-state index >= 15 is 0 Å². The molecule has 0 radical (unpaired) electrons. The Labute approximate surface area is 84.6 Å². The average molecular weight is 198 g/mol. The largest absolute Gasteiger partial charge is 0.298 e. The van der Waals surface area contributed by atoms with Crippen LogP contribution in [0.2, 0.25) is 0 Å². The zero-order valence-corrected chi connectivity index (χ0v) is 8.13. The van der Waals surface area contributed by atoms with Crippen molar-refractivity contribution < 1.29 is 19.2 Å². The van der Waals surface area contributed by atoms with Gasteiger partial charge in [-0.1, -0.05) is 0 Å². The van der Waals surface area contributed by atoms with E-state index < -0.39 is 28.5 Å². The van der Waals surface area contributed by atoms with Gasteiger partial charge in [0.15, 0.2) is 23.1 Å². The number of hydrogen-bond acceptors (Lipinski definition) is 4. The predicted molar refractivity (Wildman–Crippen MR) is 55.1 cm³/mol. The monoisotopic (exact) mass is 198 g/mol. The van der Waals surface area contributed by atoms with Gasteiger partial charge in [0.2, 0.25) is 5.41 Å². The van der Waals surface area contributed by atoms with Gasteiger partial charge >= 0.3 is 0 Å². The van der Waals surface area contributed by atoms with Crippen LogP contribution in [0.25, 0.3) is 0 Å². The van der Waals surface area contributed by atoms with Gasteiger partial charge in [0, 0.05) is 0 Å². The van der Waals surface area contributed by atoms with Crippen LogP contribution in [0.3, 0.4) is 0 Å². The highest BCUT2D eigenvalue weighted by atomic mass is 16.2. The Kier molecular flexibility index (Phi) is 5.26. The van der Waals surface area contributed by atoms with Crippen LogP contribution < -0.4 is 0 Å². The van der Waals surface area contributed by atoms with E-state index in [4.69, 9.17) is 0 Å². The number of hydrogen-bond donors (Lipinski definition) is 0. The minimum Gasteiger partial charge on any atom is -0.298 e. The van der Waals surface area contributed by atoms with E-state index in [0.29, 0.717) is 0 Å². The highest BCUT2D eigenvalue weighted by Crippen LogP contribution is 2.22. The Morgan fingerprint density at radius 3 is 0.786 bits per heavy atom. The van der Waals surface area contributed by atoms with E-state index in [1.807, 2.05) is 0 Å². The lowest BCUT2D eigenvalue weighted by Crippen LogP contribution is -2.48. The molecule has 0 spiro atoms. The SMILES string of the molecule is B.CC(=O)C(C(C)=O)(C(C)=O)C(C)=O. The molecular formula is C9H15BO4. The molecule has 0 aromatic carbocycles. The molecule has 0 atom stereocenters. The van der Waals surface area contributed by atoms with Crippen LogP contribution >= 0.6 is 0 Å². The van der Waals surface area contributed by atoms with Gasteiger partial charge in [0.25, 0.3) is 0 Å². The molecule has 0 amide bonds. The van der Waals surface area contributed by atoms with Gasteiger partial charge < -0.3 is 0 Å². The van der Waals surface area contributed by atoms with E-state index in [2.05, 4.69) is 0 Å². The van der Waals surface area contributed by atoms with Gasteiger partial charge in [-0.05, 0) is 27.7 Å². The lowest BCUT2D eigenvalue weighted by molar-refractivity contribution is -0.151. The highest BCUT2D eigenvalue weighted by molar-refractivity contribution is 6.37. The second-order valence-electron chi connectivity index (χ2n) is 2.97. The second kappa shape index (κ2) is 4.84. The van der Waals surface area contributed by atoms with Crippen LogP contribution in [0.1, 0.15) is 27.7 Å². The van der Waals surface area contributed by atoms with Crippen LogP contribution in [0.5, 0.6) is 0 Å². The Bertz CT molecular complexity index is 232. The minimum atomic E-state index is -2.06. The Morgan fingerprint density at radius 2 is 0.786 bits per heavy atom. The van der Waals surface area contributed by atoms with Crippen molar-refractivity contribution in [1.29, 1.82) is 0 Å². The van der Waals surface area contributed by atoms with Gasteiger partial charge in [-0.15, -0.1) is 0 Å². The molecule has 78 valence electrons. The van der Waals surface area contributed by atoms with Gasteiger partial charge in [-0.2, -0.15) is 0 Å². The number of ketones is 4. The van der Waals surface area contributed by atoms with Crippen molar-refractivity contribution >= 4 is 31.5 Å². The van der Waals surface area contributed by atoms with E-state index in [0.717, 1.165) is 27.7 Å². The summed E-state index contributed by atoms with van der Waals surface area (Å²) >= 11 is 0. The van der Waals surface area contributed by atoms with Crippen LogP contribution in [-0.4, -0.2) is 31.5 Å². The molecule has 0 saturated carbocycles. The summed E-state index contributed by atoms with van der Waals surface area (Å²) in [7, 11) is 0. The summed E-state index contributed by atoms with van der Waals surface area (Å²) in [6, 6.07) is 0. The van der Waals surface area contributed by atoms with Crippen molar-refractivity contribution in [2.75, 3.05) is 0 Å². The zero-order chi connectivity index (χ0) is 10.8. The molecule has 0 heterocycles. The number of rotatable bonds is 4. The van der Waals surface area contributed by atoms with Crippen molar-refractivity contribution in [3.63, 3.8) is 0 Å². The molecule has 0 aliphatic heterocycles. The van der Waals surface area contributed by atoms with Crippen LogP contribution in [-0.2, 0) is 19.2 Å². The van der Waals surface area contributed by atoms with E-state index in [1.165, 1.54) is 0 Å². The standard InChI is InChI=1S/C9H12O4.BH3/c1-5(10)9(6(2)11,7(3)12)8(4)13;/h1-4H3;1H3. The third kappa shape index (κ3) is 1.97. The van der Waals surface area contributed by atoms with Crippen molar-refractivity contribution in [3.05, 3.63) is 0 Å². The van der Waals surface area contributed by atoms with Gasteiger partial charge in [0.1, 0.15) is 0 Å². The van der Waals surface area contributed by atoms with E-state index in [1.54, 1.807) is 0 Å². The summed E-state index contributed by atoms with van der Waals surface area (Å²) in [6.45, 7) is 4.29. The molecule has 0 saturated heterocycles. The second-order valence-corrected chi connectivity index (χ2v) is 2.97. The number of carbonyl (C=O) groups is 4. The molecule has 5 heteroatoms. The van der Waals surface area contributed by atoms with Crippen LogP contribution in [0.15, 0.2) is 0 Å². The first-order chi connectivity index (χ1) is 5.77. The number of carbonyl (C=O) groups excluding carboxylic acids is 4. The van der Waals surface area contributed by atoms with Crippen LogP contribution in [0, 0.1) is 5.41 Å². The van der Waals surface area contributed by atoms with Crippen molar-refractivity contribution in [1.82, 2.24) is 0 Å². The van der Waals surface area contributed by atoms with Gasteiger partial charge in [-0.25, -0.2) is 0 Å². The maximum Gasteiger partial charge on any atom is 0.202 e. The van der Waals surface area contributed by atoms with Gasteiger partial charge in [-0.3, -0.25) is 19.2 Å². The van der Waals surface area contributed by atoms with Crippen LogP contribution in [0.4, 0.5) is 0 Å². The minimum absolute atomic E-state index is 0. The molecule has 0 N–H and O–H groups in total. The summed E-state index contributed by atoms with van der Waals surface area (Å²) < 4.78 is 0. The molecule has 0 aliphatic rings. The summed E-state index contributed by atoms with van der Waals surface area (Å²) in [5.74, 6) is -2.83. The molecule has 0 aliphatic carbocycles. The molecule has 0 aromatic rings. The average Bonchev–Trinajstić information content (AvgIpc) is 1.82. The van der Waals surface area contributed by atoms with E-state index in [9.17, 15) is 19.2 Å². The quantitative estimate of drug-likeness (QED) is 0.435. The molecular weight excluding hydrogens is 183 g/mol. The summed E-state index contributed by atoms with van der Waals surface area (Å²) in [5.41, 5.74) is -2.06. The first-order valence-corrected chi connectivity index (χ1v) is 3.82. The fraction of sp³-hybridized carbons (Fsp3) is 0.556. The molecule has 0 rings (SSSR count). The Balaban J connectivity index is 0. The smallest absolute Gasteiger partial charge is 0.202 e. The summed E-state index contributed by atoms with van der Waals surface area (Å²) in [5, 5.41) is 0. The van der Waals surface area contributed by atoms with Crippen molar-refractivity contribution in [3.8, 4) is 0 Å². The molecule has 0 bridgehead atoms. The van der Waals surface area contributed by atoms with Gasteiger partial charge in [0.05, 0.1) is 8.41 Å². The van der Waals surface area contributed by atoms with Crippen molar-refractivity contribution in [2.24, 2.45) is 5.41 Å². The maximum absolute atomic E-state index is 11.1. The normalized spacial score (nSPS) is 10.0. The zero-order valence-electron chi connectivity index (χ0n) is 8.13. The summed E-state index contributed by atoms with van der Waals surface area (Å²) in [6.07, 6.45) is 0. The molecule has 0 unspecified atom stereocenters. The topological polar surface area (TPSA) is 68.3 Å². The Hall–Kier alpha value is -1.26. The molecule has 0 aromatic heterocycles. The number of Topliss-reactive ketones (excluding diaryl/α,β-unsaturated/α-hetero) is 4. The first kappa shape index (κ1) is 15.2. The first-order valence-electron chi connectivity index (χ1n) is 3.82. The van der Waals surface area contributed by atoms with E-state index in [-0.39, 0.29) is 8.41 Å². The lowest BCUT2D eigenvalue weighted by atomic mass is 9.74. The summed E-state index contributed by atoms with van der Waals surface area (Å²) in [4.78, 5) is 44.5. The highest BCUT2D eigenvalue weighted by Gasteiger charge is 2.49. The predicted octanol–water partition coefficient (Wildman–Crippen LogP) is -0.855. The Morgan fingerprint density at radius 1 is 0.643 bits per heavy atom. The fourth-order valence-corrected chi connectivity index (χ4v) is 1.49. The molecule has 4 nitrogen and oxygen atoms in total. The third-order valence-electron chi connectivity index (χ3n) is 2.11. The third-order valence-corrected chi connectivity index (χ3v) is 2.11. The molecule has 0 fully saturated rings. The lowest BCUT2D eigenvalue weighted by Gasteiger charge is -2.21. The maximum atomic E-state index is 11.1. The fourth-order valence-electron chi connectivity index (χ4n) is 1.49. The molecule has 14 heavy (non-hydrogen) atoms.